The highest BCUT2D eigenvalue weighted by molar-refractivity contribution is 6.04. The fourth-order valence-corrected chi connectivity index (χ4v) is 1.94. The minimum atomic E-state index is -2.09. The summed E-state index contributed by atoms with van der Waals surface area (Å²) >= 11 is 0. The lowest BCUT2D eigenvalue weighted by atomic mass is 9.80. The molecule has 0 aliphatic heterocycles. The van der Waals surface area contributed by atoms with Gasteiger partial charge in [0.25, 0.3) is 0 Å². The summed E-state index contributed by atoms with van der Waals surface area (Å²) in [5, 5.41) is 0. The first-order chi connectivity index (χ1) is 9.89. The Labute approximate surface area is 121 Å². The summed E-state index contributed by atoms with van der Waals surface area (Å²) in [7, 11) is 1.10. The smallest absolute Gasteiger partial charge is 0.335 e. The van der Waals surface area contributed by atoms with Gasteiger partial charge >= 0.3 is 11.9 Å². The van der Waals surface area contributed by atoms with Gasteiger partial charge in [-0.15, -0.1) is 0 Å². The Morgan fingerprint density at radius 2 is 2.19 bits per heavy atom. The van der Waals surface area contributed by atoms with Crippen LogP contribution in [-0.4, -0.2) is 31.4 Å². The molecular formula is C14H17NO6. The van der Waals surface area contributed by atoms with E-state index in [1.54, 1.807) is 0 Å². The van der Waals surface area contributed by atoms with E-state index in [1.165, 1.54) is 24.5 Å². The number of furan rings is 1. The molecule has 1 unspecified atom stereocenters. The molecule has 1 rings (SSSR count). The van der Waals surface area contributed by atoms with Crippen LogP contribution in [0.2, 0.25) is 0 Å². The maximum absolute atomic E-state index is 12.1. The average molecular weight is 295 g/mol. The number of Topliss-reactive ketones (excluding diaryl/α,β-unsaturated/α-hetero) is 1. The van der Waals surface area contributed by atoms with Crippen molar-refractivity contribution in [2.45, 2.75) is 12.5 Å². The van der Waals surface area contributed by atoms with Gasteiger partial charge in [-0.1, -0.05) is 12.7 Å². The van der Waals surface area contributed by atoms with E-state index in [4.69, 9.17) is 14.9 Å². The first-order valence-corrected chi connectivity index (χ1v) is 6.08. The van der Waals surface area contributed by atoms with E-state index >= 15 is 0 Å². The van der Waals surface area contributed by atoms with Gasteiger partial charge in [0.05, 0.1) is 13.4 Å². The number of ether oxygens (including phenoxy) is 2. The lowest BCUT2D eigenvalue weighted by Gasteiger charge is -2.29. The van der Waals surface area contributed by atoms with Crippen LogP contribution in [0, 0.1) is 5.92 Å². The number of ketones is 1. The van der Waals surface area contributed by atoms with Crippen molar-refractivity contribution in [3.05, 3.63) is 36.8 Å². The number of methoxy groups -OCH3 is 1. The molecule has 114 valence electrons. The van der Waals surface area contributed by atoms with E-state index in [2.05, 4.69) is 11.3 Å². The molecule has 7 heteroatoms. The maximum atomic E-state index is 12.1. The quantitative estimate of drug-likeness (QED) is 0.444. The van der Waals surface area contributed by atoms with Crippen molar-refractivity contribution in [1.29, 1.82) is 0 Å². The number of carbonyl (C=O) groups is 3. The minimum absolute atomic E-state index is 0.0647. The third-order valence-electron chi connectivity index (χ3n) is 2.89. The summed E-state index contributed by atoms with van der Waals surface area (Å²) in [6.45, 7) is 4.42. The van der Waals surface area contributed by atoms with E-state index in [9.17, 15) is 14.4 Å². The number of esters is 2. The zero-order valence-corrected chi connectivity index (χ0v) is 11.8. The Hall–Kier alpha value is -2.41. The van der Waals surface area contributed by atoms with Crippen LogP contribution in [0.15, 0.2) is 35.5 Å². The third-order valence-corrected chi connectivity index (χ3v) is 2.89. The van der Waals surface area contributed by atoms with E-state index in [0.29, 0.717) is 0 Å². The predicted molar refractivity (Wildman–Crippen MR) is 71.9 cm³/mol. The monoisotopic (exact) mass is 295 g/mol. The molecule has 7 nitrogen and oxygen atoms in total. The normalized spacial score (nSPS) is 14.6. The summed E-state index contributed by atoms with van der Waals surface area (Å²) in [5.74, 6) is -4.23. The maximum Gasteiger partial charge on any atom is 0.335 e. The standard InChI is InChI=1S/C14H17NO6/c1-4-7-21-12(17)11(9(2)16)14(15,13(18)19-3)10-6-5-8-20-10/h4-6,8,11H,1,7,15H2,2-3H3/t11?,14-/m0/s1. The number of rotatable bonds is 7. The lowest BCUT2D eigenvalue weighted by Crippen LogP contribution is -2.57. The summed E-state index contributed by atoms with van der Waals surface area (Å²) in [4.78, 5) is 36.0. The molecule has 0 aliphatic rings. The average Bonchev–Trinajstić information content (AvgIpc) is 2.98. The zero-order valence-electron chi connectivity index (χ0n) is 11.8. The van der Waals surface area contributed by atoms with Crippen LogP contribution in [-0.2, 0) is 29.4 Å². The highest BCUT2D eigenvalue weighted by atomic mass is 16.5. The van der Waals surface area contributed by atoms with E-state index < -0.39 is 29.2 Å². The number of nitrogens with two attached hydrogens (primary N) is 1. The Morgan fingerprint density at radius 1 is 1.52 bits per heavy atom. The molecule has 0 aromatic carbocycles. The topological polar surface area (TPSA) is 109 Å². The van der Waals surface area contributed by atoms with Crippen molar-refractivity contribution < 1.29 is 28.3 Å². The van der Waals surface area contributed by atoms with Gasteiger partial charge in [0.2, 0.25) is 0 Å². The fraction of sp³-hybridized carbons (Fsp3) is 0.357. The molecule has 2 atom stereocenters. The van der Waals surface area contributed by atoms with Crippen molar-refractivity contribution in [3.63, 3.8) is 0 Å². The molecule has 1 heterocycles. The van der Waals surface area contributed by atoms with Crippen molar-refractivity contribution in [2.24, 2.45) is 11.7 Å². The van der Waals surface area contributed by atoms with Gasteiger partial charge in [-0.05, 0) is 19.1 Å². The molecule has 0 saturated heterocycles. The Balaban J connectivity index is 3.32. The first kappa shape index (κ1) is 16.6. The SMILES string of the molecule is C=CCOC(=O)C(C(C)=O)[C@](N)(C(=O)OC)c1ccco1. The number of hydrogen-bond donors (Lipinski definition) is 1. The Morgan fingerprint density at radius 3 is 2.62 bits per heavy atom. The van der Waals surface area contributed by atoms with Gasteiger partial charge in [-0.2, -0.15) is 0 Å². The van der Waals surface area contributed by atoms with Gasteiger partial charge in [-0.25, -0.2) is 4.79 Å². The summed E-state index contributed by atoms with van der Waals surface area (Å²) in [6, 6.07) is 2.86. The molecule has 0 amide bonds. The molecule has 0 saturated carbocycles. The molecule has 0 bridgehead atoms. The summed E-state index contributed by atoms with van der Waals surface area (Å²) in [6.07, 6.45) is 2.60. The highest BCUT2D eigenvalue weighted by Gasteiger charge is 2.54. The fourth-order valence-electron chi connectivity index (χ4n) is 1.94. The van der Waals surface area contributed by atoms with Crippen LogP contribution in [0.25, 0.3) is 0 Å². The van der Waals surface area contributed by atoms with Gasteiger partial charge in [0, 0.05) is 0 Å². The van der Waals surface area contributed by atoms with E-state index in [-0.39, 0.29) is 12.4 Å². The summed E-state index contributed by atoms with van der Waals surface area (Å²) < 4.78 is 14.6. The largest absolute Gasteiger partial charge is 0.467 e. The summed E-state index contributed by atoms with van der Waals surface area (Å²) in [5.41, 5.74) is 3.92. The molecule has 1 aromatic rings. The molecule has 21 heavy (non-hydrogen) atoms. The molecular weight excluding hydrogens is 278 g/mol. The van der Waals surface area contributed by atoms with Crippen molar-refractivity contribution in [3.8, 4) is 0 Å². The molecule has 1 aromatic heterocycles. The van der Waals surface area contributed by atoms with E-state index in [0.717, 1.165) is 14.0 Å². The predicted octanol–water partition coefficient (Wildman–Crippen LogP) is 0.541. The van der Waals surface area contributed by atoms with Crippen LogP contribution in [0.5, 0.6) is 0 Å². The Bertz CT molecular complexity index is 536. The van der Waals surface area contributed by atoms with Gasteiger partial charge in [0.1, 0.15) is 18.2 Å². The molecule has 0 radical (unpaired) electrons. The van der Waals surface area contributed by atoms with Crippen LogP contribution < -0.4 is 5.73 Å². The van der Waals surface area contributed by atoms with E-state index in [1.807, 2.05) is 0 Å². The van der Waals surface area contributed by atoms with Crippen LogP contribution >= 0.6 is 0 Å². The van der Waals surface area contributed by atoms with Crippen LogP contribution in [0.4, 0.5) is 0 Å². The van der Waals surface area contributed by atoms with Gasteiger partial charge in [0.15, 0.2) is 11.5 Å². The molecule has 0 spiro atoms. The molecule has 0 aliphatic carbocycles. The second-order valence-electron chi connectivity index (χ2n) is 4.30. The first-order valence-electron chi connectivity index (χ1n) is 6.08. The highest BCUT2D eigenvalue weighted by Crippen LogP contribution is 2.31. The van der Waals surface area contributed by atoms with Crippen molar-refractivity contribution >= 4 is 17.7 Å². The molecule has 0 fully saturated rings. The molecule has 2 N–H and O–H groups in total. The van der Waals surface area contributed by atoms with Crippen molar-refractivity contribution in [1.82, 2.24) is 0 Å². The second kappa shape index (κ2) is 6.85. The second-order valence-corrected chi connectivity index (χ2v) is 4.30. The van der Waals surface area contributed by atoms with Crippen LogP contribution in [0.3, 0.4) is 0 Å². The van der Waals surface area contributed by atoms with Gasteiger partial charge < -0.3 is 19.6 Å². The van der Waals surface area contributed by atoms with Gasteiger partial charge in [-0.3, -0.25) is 9.59 Å². The van der Waals surface area contributed by atoms with Crippen LogP contribution in [0.1, 0.15) is 12.7 Å². The van der Waals surface area contributed by atoms with Crippen molar-refractivity contribution in [2.75, 3.05) is 13.7 Å². The Kier molecular flexibility index (Phi) is 5.43. The third kappa shape index (κ3) is 3.19. The minimum Gasteiger partial charge on any atom is -0.467 e. The zero-order chi connectivity index (χ0) is 16.0. The number of hydrogen-bond acceptors (Lipinski definition) is 7. The number of carbonyl (C=O) groups excluding carboxylic acids is 3. The lowest BCUT2D eigenvalue weighted by molar-refractivity contribution is -0.164.